The minimum atomic E-state index is -6.00. The number of ether oxygens (including phenoxy) is 1. The Morgan fingerprint density at radius 2 is 1.91 bits per heavy atom. The molecule has 23 heavy (non-hydrogen) atoms. The molecule has 0 radical (unpaired) electrons. The summed E-state index contributed by atoms with van der Waals surface area (Å²) in [6.45, 7) is 7.25. The van der Waals surface area contributed by atoms with Gasteiger partial charge in [-0.2, -0.15) is 0 Å². The van der Waals surface area contributed by atoms with Crippen LogP contribution in [0.3, 0.4) is 0 Å². The van der Waals surface area contributed by atoms with Gasteiger partial charge in [0.25, 0.3) is 5.82 Å². The summed E-state index contributed by atoms with van der Waals surface area (Å²) in [5.74, 6) is 2.03. The number of aromatic nitrogens is 2. The maximum absolute atomic E-state index is 9.75. The summed E-state index contributed by atoms with van der Waals surface area (Å²) in [4.78, 5) is 16.7. The van der Waals surface area contributed by atoms with Crippen molar-refractivity contribution in [3.05, 3.63) is 6.33 Å². The monoisotopic (exact) mass is 335 g/mol. The molecule has 1 aromatic heterocycles. The second-order valence-corrected chi connectivity index (χ2v) is 4.87. The standard InChI is InChI=1S/C12H17N5O.BF4/c1-2-16-4-3-13-10-11(16)14-9-15-12(10)17-5-7-18-8-6-17;2-1(3,4)5/h3,9H,2,4-8H2,1H3;/q;-1/p+1. The number of aliphatic imine (C=N–C) groups is 1. The molecular weight excluding hydrogens is 317 g/mol. The van der Waals surface area contributed by atoms with E-state index in [1.807, 2.05) is 6.21 Å². The SMILES string of the molecule is CCN1CC=Nc2c1nc[nH+]c2N1CCOCC1.F[B-](F)(F)F. The summed E-state index contributed by atoms with van der Waals surface area (Å²) in [5, 5.41) is 0. The zero-order chi connectivity index (χ0) is 16.9. The Bertz CT molecular complexity index is 545. The van der Waals surface area contributed by atoms with Crippen LogP contribution in [0.1, 0.15) is 6.92 Å². The van der Waals surface area contributed by atoms with Crippen molar-refractivity contribution in [2.24, 2.45) is 4.99 Å². The third kappa shape index (κ3) is 5.05. The fourth-order valence-corrected chi connectivity index (χ4v) is 2.36. The van der Waals surface area contributed by atoms with Gasteiger partial charge in [0.1, 0.15) is 0 Å². The molecule has 1 fully saturated rings. The van der Waals surface area contributed by atoms with Crippen LogP contribution in [0.4, 0.5) is 34.6 Å². The number of halogens is 4. The lowest BCUT2D eigenvalue weighted by molar-refractivity contribution is -0.368. The molecule has 0 aromatic carbocycles. The van der Waals surface area contributed by atoms with Gasteiger partial charge in [0.2, 0.25) is 12.1 Å². The lowest BCUT2D eigenvalue weighted by Gasteiger charge is -2.27. The van der Waals surface area contributed by atoms with Gasteiger partial charge in [0.05, 0.1) is 32.8 Å². The number of rotatable bonds is 2. The van der Waals surface area contributed by atoms with Crippen LogP contribution < -0.4 is 14.8 Å². The van der Waals surface area contributed by atoms with Crippen LogP contribution in [-0.4, -0.2) is 57.8 Å². The average Bonchev–Trinajstić information content (AvgIpc) is 2.53. The van der Waals surface area contributed by atoms with Crippen molar-refractivity contribution in [1.82, 2.24) is 4.98 Å². The van der Waals surface area contributed by atoms with Crippen molar-refractivity contribution in [3.63, 3.8) is 0 Å². The van der Waals surface area contributed by atoms with Gasteiger partial charge < -0.3 is 26.9 Å². The van der Waals surface area contributed by atoms with E-state index in [4.69, 9.17) is 4.74 Å². The molecular formula is C12H18BF4N5O. The van der Waals surface area contributed by atoms with Crippen LogP contribution >= 0.6 is 0 Å². The number of nitrogens with zero attached hydrogens (tertiary/aromatic N) is 4. The first-order valence-corrected chi connectivity index (χ1v) is 7.28. The quantitative estimate of drug-likeness (QED) is 0.608. The summed E-state index contributed by atoms with van der Waals surface area (Å²) in [6, 6.07) is 0. The Labute approximate surface area is 131 Å². The van der Waals surface area contributed by atoms with E-state index in [1.165, 1.54) is 0 Å². The van der Waals surface area contributed by atoms with E-state index in [0.29, 0.717) is 0 Å². The molecule has 1 N–H and O–H groups in total. The van der Waals surface area contributed by atoms with Crippen molar-refractivity contribution in [2.75, 3.05) is 49.2 Å². The molecule has 11 heteroatoms. The lowest BCUT2D eigenvalue weighted by Crippen LogP contribution is -2.40. The van der Waals surface area contributed by atoms with Gasteiger partial charge in [-0.15, -0.1) is 0 Å². The molecule has 0 aliphatic carbocycles. The summed E-state index contributed by atoms with van der Waals surface area (Å²) in [7, 11) is -6.00. The number of fused-ring (bicyclic) bond motifs is 1. The first-order valence-electron chi connectivity index (χ1n) is 7.28. The third-order valence-corrected chi connectivity index (χ3v) is 3.36. The minimum Gasteiger partial charge on any atom is -0.418 e. The summed E-state index contributed by atoms with van der Waals surface area (Å²) >= 11 is 0. The lowest BCUT2D eigenvalue weighted by atomic mass is 10.3. The number of hydrogen-bond donors (Lipinski definition) is 0. The van der Waals surface area contributed by atoms with Gasteiger partial charge in [-0.05, 0) is 6.92 Å². The van der Waals surface area contributed by atoms with E-state index in [1.54, 1.807) is 6.33 Å². The third-order valence-electron chi connectivity index (χ3n) is 3.36. The molecule has 1 aromatic rings. The predicted molar refractivity (Wildman–Crippen MR) is 80.0 cm³/mol. The highest BCUT2D eigenvalue weighted by Gasteiger charge is 2.28. The fourth-order valence-electron chi connectivity index (χ4n) is 2.36. The Morgan fingerprint density at radius 3 is 2.52 bits per heavy atom. The molecule has 128 valence electrons. The summed E-state index contributed by atoms with van der Waals surface area (Å²) < 4.78 is 44.4. The molecule has 0 atom stereocenters. The Kier molecular flexibility index (Phi) is 5.75. The van der Waals surface area contributed by atoms with Gasteiger partial charge in [0, 0.05) is 12.8 Å². The molecule has 1 saturated heterocycles. The number of nitrogens with one attached hydrogen (secondary N) is 1. The zero-order valence-electron chi connectivity index (χ0n) is 12.7. The predicted octanol–water partition coefficient (Wildman–Crippen LogP) is 1.57. The van der Waals surface area contributed by atoms with Gasteiger partial charge in [0.15, 0.2) is 5.69 Å². The first kappa shape index (κ1) is 17.4. The van der Waals surface area contributed by atoms with E-state index in [9.17, 15) is 17.3 Å². The molecule has 0 bridgehead atoms. The first-order chi connectivity index (χ1) is 10.9. The van der Waals surface area contributed by atoms with Crippen LogP contribution in [-0.2, 0) is 4.74 Å². The van der Waals surface area contributed by atoms with E-state index in [2.05, 4.69) is 31.7 Å². The van der Waals surface area contributed by atoms with Crippen molar-refractivity contribution in [1.29, 1.82) is 0 Å². The molecule has 6 nitrogen and oxygen atoms in total. The van der Waals surface area contributed by atoms with Gasteiger partial charge in [-0.25, -0.2) is 9.98 Å². The Morgan fingerprint density at radius 1 is 1.26 bits per heavy atom. The second kappa shape index (κ2) is 7.58. The highest BCUT2D eigenvalue weighted by molar-refractivity contribution is 6.50. The number of aromatic amines is 1. The number of morpholine rings is 1. The number of anilines is 2. The van der Waals surface area contributed by atoms with E-state index in [0.717, 1.165) is 56.7 Å². The van der Waals surface area contributed by atoms with Gasteiger partial charge >= 0.3 is 7.25 Å². The minimum absolute atomic E-state index is 0.770. The molecule has 0 spiro atoms. The van der Waals surface area contributed by atoms with Crippen LogP contribution in [0.2, 0.25) is 0 Å². The maximum Gasteiger partial charge on any atom is 0.673 e. The molecule has 2 aliphatic heterocycles. The van der Waals surface area contributed by atoms with Crippen molar-refractivity contribution < 1.29 is 27.0 Å². The maximum atomic E-state index is 9.75. The second-order valence-electron chi connectivity index (χ2n) is 4.87. The van der Waals surface area contributed by atoms with E-state index >= 15 is 0 Å². The molecule has 3 rings (SSSR count). The van der Waals surface area contributed by atoms with Crippen LogP contribution in [0.25, 0.3) is 0 Å². The molecule has 0 amide bonds. The van der Waals surface area contributed by atoms with Gasteiger partial charge in [-0.1, -0.05) is 4.98 Å². The number of hydrogen-bond acceptors (Lipinski definition) is 5. The fraction of sp³-hybridized carbons (Fsp3) is 0.583. The van der Waals surface area contributed by atoms with Crippen molar-refractivity contribution >= 4 is 30.8 Å². The molecule has 3 heterocycles. The smallest absolute Gasteiger partial charge is 0.418 e. The van der Waals surface area contributed by atoms with E-state index in [-0.39, 0.29) is 0 Å². The van der Waals surface area contributed by atoms with Crippen LogP contribution in [0.5, 0.6) is 0 Å². The molecule has 0 saturated carbocycles. The summed E-state index contributed by atoms with van der Waals surface area (Å²) in [5.41, 5.74) is 0.951. The highest BCUT2D eigenvalue weighted by Crippen LogP contribution is 2.34. The topological polar surface area (TPSA) is 55.1 Å². The Balaban J connectivity index is 0.000000338. The summed E-state index contributed by atoms with van der Waals surface area (Å²) in [6.07, 6.45) is 3.71. The zero-order valence-corrected chi connectivity index (χ0v) is 12.7. The number of H-pyrrole nitrogens is 1. The molecule has 0 unspecified atom stereocenters. The largest absolute Gasteiger partial charge is 0.673 e. The van der Waals surface area contributed by atoms with Crippen molar-refractivity contribution in [3.8, 4) is 0 Å². The molecule has 2 aliphatic rings. The average molecular weight is 335 g/mol. The van der Waals surface area contributed by atoms with E-state index < -0.39 is 7.25 Å². The van der Waals surface area contributed by atoms with Crippen LogP contribution in [0, 0.1) is 0 Å². The van der Waals surface area contributed by atoms with Gasteiger partial charge in [-0.3, -0.25) is 4.90 Å². The van der Waals surface area contributed by atoms with Crippen molar-refractivity contribution in [2.45, 2.75) is 6.92 Å². The normalized spacial score (nSPS) is 17.4. The highest BCUT2D eigenvalue weighted by atomic mass is 19.5. The Hall–Kier alpha value is -1.91. The van der Waals surface area contributed by atoms with Crippen LogP contribution in [0.15, 0.2) is 11.3 Å².